The molecule has 242 valence electrons. The van der Waals surface area contributed by atoms with Crippen molar-refractivity contribution in [2.75, 3.05) is 0 Å². The third-order valence-corrected chi connectivity index (χ3v) is 10.6. The van der Waals surface area contributed by atoms with Crippen molar-refractivity contribution in [3.8, 4) is 22.3 Å². The lowest BCUT2D eigenvalue weighted by Crippen LogP contribution is -2.27. The van der Waals surface area contributed by atoms with E-state index in [2.05, 4.69) is 136 Å². The minimum atomic E-state index is 0.0827. The number of rotatable bonds is 6. The monoisotopic (exact) mass is 638 g/mol. The van der Waals surface area contributed by atoms with E-state index in [0.717, 1.165) is 76.7 Å². The molecule has 3 heteroatoms. The Balaban J connectivity index is 1.23. The highest BCUT2D eigenvalue weighted by atomic mass is 16.3. The minimum absolute atomic E-state index is 0.0827. The second-order valence-corrected chi connectivity index (χ2v) is 13.8. The molecule has 0 aliphatic carbocycles. The number of fused-ring (bicyclic) bond motifs is 7. The molecule has 0 amide bonds. The molecule has 3 atom stereocenters. The first kappa shape index (κ1) is 31.0. The van der Waals surface area contributed by atoms with Crippen molar-refractivity contribution in [3.63, 3.8) is 0 Å². The molecule has 0 radical (unpaired) electrons. The van der Waals surface area contributed by atoms with Crippen LogP contribution < -0.4 is 0 Å². The fourth-order valence-electron chi connectivity index (χ4n) is 7.81. The van der Waals surface area contributed by atoms with Crippen LogP contribution >= 0.6 is 0 Å². The normalized spacial score (nSPS) is 18.2. The van der Waals surface area contributed by atoms with Crippen LogP contribution in [0.2, 0.25) is 0 Å². The molecule has 3 nitrogen and oxygen atoms in total. The Bertz CT molecular complexity index is 2290. The number of aryl methyl sites for hydroxylation is 1. The van der Waals surface area contributed by atoms with Crippen molar-refractivity contribution in [1.82, 2.24) is 0 Å². The first-order chi connectivity index (χ1) is 24.0. The molecule has 0 saturated heterocycles. The predicted molar refractivity (Wildman–Crippen MR) is 207 cm³/mol. The number of benzene rings is 5. The SMILES string of the molecule is C=CC1=NC2CC(=C)N=C(CC(C)CC)c3cc4c(cc3CCC2c2ccccc21)oc1cc(-c2cccc(-c3ccccc3)c2)ccc14. The molecular formula is C46H42N2O. The van der Waals surface area contributed by atoms with E-state index in [4.69, 9.17) is 14.4 Å². The highest BCUT2D eigenvalue weighted by Gasteiger charge is 2.32. The van der Waals surface area contributed by atoms with Gasteiger partial charge in [0, 0.05) is 45.6 Å². The topological polar surface area (TPSA) is 37.9 Å². The summed E-state index contributed by atoms with van der Waals surface area (Å²) in [5, 5.41) is 2.27. The first-order valence-electron chi connectivity index (χ1n) is 17.7. The lowest BCUT2D eigenvalue weighted by molar-refractivity contribution is 0.489. The number of hydrogen-bond donors (Lipinski definition) is 0. The van der Waals surface area contributed by atoms with E-state index in [1.165, 1.54) is 38.9 Å². The summed E-state index contributed by atoms with van der Waals surface area (Å²) in [5.41, 5.74) is 14.6. The Hall–Kier alpha value is -5.28. The highest BCUT2D eigenvalue weighted by Crippen LogP contribution is 2.41. The average Bonchev–Trinajstić information content (AvgIpc) is 3.50. The average molecular weight is 639 g/mol. The molecule has 1 aromatic heterocycles. The zero-order chi connectivity index (χ0) is 33.5. The minimum Gasteiger partial charge on any atom is -0.456 e. The maximum atomic E-state index is 6.68. The molecule has 5 aromatic carbocycles. The van der Waals surface area contributed by atoms with E-state index >= 15 is 0 Å². The molecule has 3 heterocycles. The summed E-state index contributed by atoms with van der Waals surface area (Å²) in [4.78, 5) is 10.6. The van der Waals surface area contributed by atoms with Gasteiger partial charge in [0.2, 0.25) is 0 Å². The van der Waals surface area contributed by atoms with Crippen LogP contribution in [0.15, 0.2) is 149 Å². The van der Waals surface area contributed by atoms with Crippen LogP contribution in [0.25, 0.3) is 44.2 Å². The summed E-state index contributed by atoms with van der Waals surface area (Å²) < 4.78 is 6.68. The molecular weight excluding hydrogens is 597 g/mol. The summed E-state index contributed by atoms with van der Waals surface area (Å²) >= 11 is 0. The Labute approximate surface area is 289 Å². The van der Waals surface area contributed by atoms with Gasteiger partial charge in [-0.15, -0.1) is 0 Å². The van der Waals surface area contributed by atoms with Crippen molar-refractivity contribution < 1.29 is 4.42 Å². The van der Waals surface area contributed by atoms with Gasteiger partial charge in [0.25, 0.3) is 0 Å². The molecule has 2 aliphatic rings. The van der Waals surface area contributed by atoms with Crippen LogP contribution in [0.4, 0.5) is 0 Å². The van der Waals surface area contributed by atoms with Crippen LogP contribution in [0.3, 0.4) is 0 Å². The molecule has 6 aromatic rings. The summed E-state index contributed by atoms with van der Waals surface area (Å²) in [7, 11) is 0. The van der Waals surface area contributed by atoms with Crippen molar-refractivity contribution >= 4 is 33.4 Å². The largest absolute Gasteiger partial charge is 0.456 e. The van der Waals surface area contributed by atoms with Gasteiger partial charge < -0.3 is 4.42 Å². The first-order valence-corrected chi connectivity index (χ1v) is 17.7. The van der Waals surface area contributed by atoms with Gasteiger partial charge in [0.05, 0.1) is 11.8 Å². The van der Waals surface area contributed by atoms with Gasteiger partial charge in [-0.2, -0.15) is 0 Å². The van der Waals surface area contributed by atoms with Crippen molar-refractivity contribution in [1.29, 1.82) is 0 Å². The summed E-state index contributed by atoms with van der Waals surface area (Å²) in [6.07, 6.45) is 6.54. The van der Waals surface area contributed by atoms with Gasteiger partial charge in [0.1, 0.15) is 11.2 Å². The summed E-state index contributed by atoms with van der Waals surface area (Å²) in [6.45, 7) is 13.2. The van der Waals surface area contributed by atoms with E-state index in [0.29, 0.717) is 5.92 Å². The molecule has 49 heavy (non-hydrogen) atoms. The van der Waals surface area contributed by atoms with E-state index in [-0.39, 0.29) is 12.0 Å². The van der Waals surface area contributed by atoms with E-state index in [1.807, 2.05) is 6.08 Å². The van der Waals surface area contributed by atoms with Gasteiger partial charge in [-0.25, -0.2) is 0 Å². The predicted octanol–water partition coefficient (Wildman–Crippen LogP) is 12.1. The van der Waals surface area contributed by atoms with Gasteiger partial charge >= 0.3 is 0 Å². The summed E-state index contributed by atoms with van der Waals surface area (Å²) in [6, 6.07) is 39.4. The fourth-order valence-corrected chi connectivity index (χ4v) is 7.81. The number of allylic oxidation sites excluding steroid dienone is 1. The smallest absolute Gasteiger partial charge is 0.136 e. The third kappa shape index (κ3) is 5.88. The zero-order valence-electron chi connectivity index (χ0n) is 28.5. The van der Waals surface area contributed by atoms with Crippen LogP contribution in [0.5, 0.6) is 0 Å². The standard InChI is InChI=1S/C46H42N2O/c1-5-29(3)23-43-40-28-41-39-22-19-34(33-16-12-15-32(25-33)31-13-8-7-9-14-31)26-45(39)49-46(41)27-35(40)20-21-38-36-17-10-11-18-37(36)42(6-2)48-44(38)24-30(4)47-43/h6-19,22,25-29,38,44H,2,4-5,20-21,23-24H2,1,3H3. The second-order valence-electron chi connectivity index (χ2n) is 13.8. The number of aliphatic imine (C=N–C) groups is 2. The maximum absolute atomic E-state index is 6.68. The molecule has 8 rings (SSSR count). The molecule has 3 unspecified atom stereocenters. The molecule has 0 spiro atoms. The van der Waals surface area contributed by atoms with E-state index in [9.17, 15) is 0 Å². The van der Waals surface area contributed by atoms with E-state index in [1.54, 1.807) is 0 Å². The molecule has 2 aliphatic heterocycles. The number of furan rings is 1. The van der Waals surface area contributed by atoms with Crippen LogP contribution in [-0.2, 0) is 6.42 Å². The molecule has 0 N–H and O–H groups in total. The molecule has 0 bridgehead atoms. The van der Waals surface area contributed by atoms with Crippen molar-refractivity contribution in [2.45, 2.75) is 57.9 Å². The van der Waals surface area contributed by atoms with Crippen LogP contribution in [0.1, 0.15) is 67.7 Å². The van der Waals surface area contributed by atoms with Crippen LogP contribution in [0, 0.1) is 5.92 Å². The molecule has 0 fully saturated rings. The van der Waals surface area contributed by atoms with Crippen LogP contribution in [-0.4, -0.2) is 17.5 Å². The highest BCUT2D eigenvalue weighted by molar-refractivity contribution is 6.12. The van der Waals surface area contributed by atoms with Gasteiger partial charge in [-0.1, -0.05) is 112 Å². The van der Waals surface area contributed by atoms with Crippen molar-refractivity contribution in [2.24, 2.45) is 15.9 Å². The lowest BCUT2D eigenvalue weighted by atomic mass is 9.78. The Morgan fingerprint density at radius 3 is 2.35 bits per heavy atom. The van der Waals surface area contributed by atoms with Crippen molar-refractivity contribution in [3.05, 3.63) is 156 Å². The zero-order valence-corrected chi connectivity index (χ0v) is 28.5. The Morgan fingerprint density at radius 2 is 1.53 bits per heavy atom. The van der Waals surface area contributed by atoms with Gasteiger partial charge in [-0.3, -0.25) is 9.98 Å². The quantitative estimate of drug-likeness (QED) is 0.179. The summed E-state index contributed by atoms with van der Waals surface area (Å²) in [5.74, 6) is 0.782. The van der Waals surface area contributed by atoms with E-state index < -0.39 is 0 Å². The van der Waals surface area contributed by atoms with Gasteiger partial charge in [-0.05, 0) is 95.0 Å². The lowest BCUT2D eigenvalue weighted by Gasteiger charge is -2.32. The number of nitrogens with zero attached hydrogens (tertiary/aromatic N) is 2. The number of hydrogen-bond acceptors (Lipinski definition) is 3. The maximum Gasteiger partial charge on any atom is 0.136 e. The van der Waals surface area contributed by atoms with Gasteiger partial charge in [0.15, 0.2) is 0 Å². The second kappa shape index (κ2) is 13.0. The Morgan fingerprint density at radius 1 is 0.796 bits per heavy atom. The third-order valence-electron chi connectivity index (χ3n) is 10.6. The Kier molecular flexibility index (Phi) is 8.21. The fraction of sp³-hybridized carbons (Fsp3) is 0.217. The molecule has 0 saturated carbocycles.